The van der Waals surface area contributed by atoms with Gasteiger partial charge in [-0.25, -0.2) is 4.98 Å². The molecule has 0 spiro atoms. The summed E-state index contributed by atoms with van der Waals surface area (Å²) in [4.78, 5) is 8.21. The minimum Gasteiger partial charge on any atom is -0.391 e. The first kappa shape index (κ1) is 13.8. The number of hydrogen-bond donors (Lipinski definition) is 1. The van der Waals surface area contributed by atoms with Gasteiger partial charge in [-0.2, -0.15) is 0 Å². The van der Waals surface area contributed by atoms with Crippen LogP contribution in [0.2, 0.25) is 0 Å². The number of anilines is 1. The summed E-state index contributed by atoms with van der Waals surface area (Å²) in [5, 5.41) is 10.5. The molecule has 1 aliphatic rings. The molecule has 1 heterocycles. The molecule has 0 amide bonds. The van der Waals surface area contributed by atoms with Gasteiger partial charge in [0.25, 0.3) is 0 Å². The second-order valence-corrected chi connectivity index (χ2v) is 6.57. The molecule has 1 fully saturated rings. The molecule has 1 aliphatic carbocycles. The van der Waals surface area contributed by atoms with Crippen LogP contribution in [0.1, 0.15) is 56.5 Å². The van der Waals surface area contributed by atoms with Crippen LogP contribution in [0.5, 0.6) is 0 Å². The lowest BCUT2D eigenvalue weighted by atomic mass is 10.1. The van der Waals surface area contributed by atoms with Gasteiger partial charge < -0.3 is 10.0 Å². The van der Waals surface area contributed by atoms with Crippen molar-refractivity contribution in [3.8, 4) is 0 Å². The third-order valence-corrected chi connectivity index (χ3v) is 4.46. The van der Waals surface area contributed by atoms with E-state index in [-0.39, 0.29) is 6.61 Å². The van der Waals surface area contributed by atoms with Crippen LogP contribution < -0.4 is 4.90 Å². The molecular formula is C14H24N2OS. The van der Waals surface area contributed by atoms with Crippen molar-refractivity contribution in [2.24, 2.45) is 5.92 Å². The SMILES string of the molecule is CCCN(CC1CC1)c1nc(C(C)C)c(CO)s1. The first-order valence-electron chi connectivity index (χ1n) is 7.01. The molecule has 0 aliphatic heterocycles. The van der Waals surface area contributed by atoms with E-state index < -0.39 is 0 Å². The number of thiazole rings is 1. The van der Waals surface area contributed by atoms with Crippen LogP contribution in [0, 0.1) is 5.92 Å². The van der Waals surface area contributed by atoms with Crippen molar-refractivity contribution in [2.45, 2.75) is 52.6 Å². The quantitative estimate of drug-likeness (QED) is 0.823. The van der Waals surface area contributed by atoms with E-state index in [2.05, 4.69) is 25.7 Å². The lowest BCUT2D eigenvalue weighted by Crippen LogP contribution is -2.26. The molecule has 3 nitrogen and oxygen atoms in total. The number of nitrogens with zero attached hydrogens (tertiary/aromatic N) is 2. The van der Waals surface area contributed by atoms with E-state index >= 15 is 0 Å². The van der Waals surface area contributed by atoms with Crippen LogP contribution >= 0.6 is 11.3 Å². The Morgan fingerprint density at radius 1 is 1.44 bits per heavy atom. The molecule has 0 saturated heterocycles. The molecule has 2 rings (SSSR count). The van der Waals surface area contributed by atoms with Gasteiger partial charge in [-0.1, -0.05) is 32.1 Å². The first-order chi connectivity index (χ1) is 8.65. The van der Waals surface area contributed by atoms with Gasteiger partial charge in [-0.3, -0.25) is 0 Å². The van der Waals surface area contributed by atoms with Gasteiger partial charge in [0, 0.05) is 13.1 Å². The van der Waals surface area contributed by atoms with Gasteiger partial charge in [-0.15, -0.1) is 0 Å². The molecule has 1 N–H and O–H groups in total. The van der Waals surface area contributed by atoms with E-state index in [1.54, 1.807) is 11.3 Å². The van der Waals surface area contributed by atoms with E-state index in [0.717, 1.165) is 41.1 Å². The third-order valence-electron chi connectivity index (χ3n) is 3.35. The fraction of sp³-hybridized carbons (Fsp3) is 0.786. The van der Waals surface area contributed by atoms with Crippen molar-refractivity contribution in [2.75, 3.05) is 18.0 Å². The molecule has 0 atom stereocenters. The second kappa shape index (κ2) is 6.02. The molecule has 102 valence electrons. The first-order valence-corrected chi connectivity index (χ1v) is 7.82. The lowest BCUT2D eigenvalue weighted by Gasteiger charge is -2.20. The van der Waals surface area contributed by atoms with Gasteiger partial charge in [0.15, 0.2) is 5.13 Å². The van der Waals surface area contributed by atoms with Crippen LogP contribution in [0.15, 0.2) is 0 Å². The van der Waals surface area contributed by atoms with Crippen LogP contribution in [0.25, 0.3) is 0 Å². The van der Waals surface area contributed by atoms with E-state index in [4.69, 9.17) is 4.98 Å². The van der Waals surface area contributed by atoms with Gasteiger partial charge in [0.05, 0.1) is 17.2 Å². The Morgan fingerprint density at radius 3 is 2.61 bits per heavy atom. The fourth-order valence-corrected chi connectivity index (χ4v) is 3.31. The van der Waals surface area contributed by atoms with Crippen LogP contribution in [0.3, 0.4) is 0 Å². The van der Waals surface area contributed by atoms with E-state index in [9.17, 15) is 5.11 Å². The predicted molar refractivity (Wildman–Crippen MR) is 77.4 cm³/mol. The maximum atomic E-state index is 9.44. The molecule has 1 aromatic rings. The number of aromatic nitrogens is 1. The van der Waals surface area contributed by atoms with Crippen molar-refractivity contribution in [1.29, 1.82) is 0 Å². The van der Waals surface area contributed by atoms with Gasteiger partial charge in [0.2, 0.25) is 0 Å². The molecule has 4 heteroatoms. The Morgan fingerprint density at radius 2 is 2.17 bits per heavy atom. The molecular weight excluding hydrogens is 244 g/mol. The topological polar surface area (TPSA) is 36.4 Å². The summed E-state index contributed by atoms with van der Waals surface area (Å²) in [7, 11) is 0. The molecule has 18 heavy (non-hydrogen) atoms. The van der Waals surface area contributed by atoms with E-state index in [1.165, 1.54) is 12.8 Å². The molecule has 0 bridgehead atoms. The predicted octanol–water partition coefficient (Wildman–Crippen LogP) is 3.39. The highest BCUT2D eigenvalue weighted by Gasteiger charge is 2.26. The molecule has 1 saturated carbocycles. The van der Waals surface area contributed by atoms with Gasteiger partial charge >= 0.3 is 0 Å². The number of rotatable bonds is 7. The summed E-state index contributed by atoms with van der Waals surface area (Å²) in [6.45, 7) is 8.83. The smallest absolute Gasteiger partial charge is 0.185 e. The highest BCUT2D eigenvalue weighted by Crippen LogP contribution is 2.35. The van der Waals surface area contributed by atoms with E-state index in [0.29, 0.717) is 5.92 Å². The Balaban J connectivity index is 2.17. The molecule has 0 unspecified atom stereocenters. The summed E-state index contributed by atoms with van der Waals surface area (Å²) < 4.78 is 0. The fourth-order valence-electron chi connectivity index (χ4n) is 2.20. The Bertz CT molecular complexity index is 385. The van der Waals surface area contributed by atoms with Crippen molar-refractivity contribution in [3.05, 3.63) is 10.6 Å². The average molecular weight is 268 g/mol. The van der Waals surface area contributed by atoms with Crippen molar-refractivity contribution in [3.63, 3.8) is 0 Å². The minimum absolute atomic E-state index is 0.120. The molecule has 0 radical (unpaired) electrons. The third kappa shape index (κ3) is 3.23. The van der Waals surface area contributed by atoms with Crippen LogP contribution in [-0.4, -0.2) is 23.2 Å². The Labute approximate surface area is 114 Å². The summed E-state index contributed by atoms with van der Waals surface area (Å²) in [5.74, 6) is 1.27. The highest BCUT2D eigenvalue weighted by atomic mass is 32.1. The van der Waals surface area contributed by atoms with Crippen molar-refractivity contribution in [1.82, 2.24) is 4.98 Å². The van der Waals surface area contributed by atoms with E-state index in [1.807, 2.05) is 0 Å². The monoisotopic (exact) mass is 268 g/mol. The summed E-state index contributed by atoms with van der Waals surface area (Å²) in [6, 6.07) is 0. The zero-order valence-electron chi connectivity index (χ0n) is 11.6. The highest BCUT2D eigenvalue weighted by molar-refractivity contribution is 7.15. The van der Waals surface area contributed by atoms with Crippen molar-refractivity contribution >= 4 is 16.5 Å². The number of aliphatic hydroxyl groups is 1. The van der Waals surface area contributed by atoms with Crippen LogP contribution in [0.4, 0.5) is 5.13 Å². The Kier molecular flexibility index (Phi) is 4.62. The summed E-state index contributed by atoms with van der Waals surface area (Å²) >= 11 is 1.67. The average Bonchev–Trinajstić information content (AvgIpc) is 3.05. The maximum absolute atomic E-state index is 9.44. The Hall–Kier alpha value is -0.610. The molecule has 0 aromatic carbocycles. The zero-order valence-corrected chi connectivity index (χ0v) is 12.5. The lowest BCUT2D eigenvalue weighted by molar-refractivity contribution is 0.283. The second-order valence-electron chi connectivity index (χ2n) is 5.51. The minimum atomic E-state index is 0.120. The van der Waals surface area contributed by atoms with Gasteiger partial charge in [-0.05, 0) is 31.1 Å². The molecule has 1 aromatic heterocycles. The number of aliphatic hydroxyl groups excluding tert-OH is 1. The number of hydrogen-bond acceptors (Lipinski definition) is 4. The largest absolute Gasteiger partial charge is 0.391 e. The summed E-state index contributed by atoms with van der Waals surface area (Å²) in [6.07, 6.45) is 3.89. The van der Waals surface area contributed by atoms with Gasteiger partial charge in [0.1, 0.15) is 0 Å². The summed E-state index contributed by atoms with van der Waals surface area (Å²) in [5.41, 5.74) is 1.08. The normalized spacial score (nSPS) is 15.4. The zero-order chi connectivity index (χ0) is 13.1. The van der Waals surface area contributed by atoms with Crippen LogP contribution in [-0.2, 0) is 6.61 Å². The standard InChI is InChI=1S/C14H24N2OS/c1-4-7-16(8-11-5-6-11)14-15-13(10(2)3)12(9-17)18-14/h10-11,17H,4-9H2,1-3H3. The van der Waals surface area contributed by atoms with Crippen molar-refractivity contribution < 1.29 is 5.11 Å². The maximum Gasteiger partial charge on any atom is 0.185 e.